The van der Waals surface area contributed by atoms with Crippen molar-refractivity contribution in [2.45, 2.75) is 26.2 Å². The van der Waals surface area contributed by atoms with Crippen LogP contribution in [0.2, 0.25) is 0 Å². The summed E-state index contributed by atoms with van der Waals surface area (Å²) in [5, 5.41) is 12.5. The molecule has 4 nitrogen and oxygen atoms in total. The van der Waals surface area contributed by atoms with Gasteiger partial charge in [-0.2, -0.15) is 5.26 Å². The normalized spacial score (nSPS) is 17.1. The summed E-state index contributed by atoms with van der Waals surface area (Å²) in [4.78, 5) is 6.65. The van der Waals surface area contributed by atoms with E-state index in [1.54, 1.807) is 6.20 Å². The lowest BCUT2D eigenvalue weighted by Gasteiger charge is -2.28. The van der Waals surface area contributed by atoms with E-state index < -0.39 is 0 Å². The third-order valence-electron chi connectivity index (χ3n) is 3.95. The highest BCUT2D eigenvalue weighted by molar-refractivity contribution is 5.55. The average molecular weight is 258 g/mol. The predicted octanol–water partition coefficient (Wildman–Crippen LogP) is 2.41. The van der Waals surface area contributed by atoms with E-state index in [0.29, 0.717) is 5.56 Å². The highest BCUT2D eigenvalue weighted by Crippen LogP contribution is 2.20. The zero-order valence-electron chi connectivity index (χ0n) is 11.8. The Labute approximate surface area is 115 Å². The molecule has 0 radical (unpaired) electrons. The van der Waals surface area contributed by atoms with Crippen LogP contribution in [-0.4, -0.2) is 36.6 Å². The molecule has 0 bridgehead atoms. The highest BCUT2D eigenvalue weighted by atomic mass is 15.1. The van der Waals surface area contributed by atoms with Crippen LogP contribution >= 0.6 is 0 Å². The molecule has 0 atom stereocenters. The van der Waals surface area contributed by atoms with Gasteiger partial charge in [0, 0.05) is 12.7 Å². The summed E-state index contributed by atoms with van der Waals surface area (Å²) >= 11 is 0. The fourth-order valence-electron chi connectivity index (χ4n) is 2.58. The molecule has 102 valence electrons. The Morgan fingerprint density at radius 3 is 2.89 bits per heavy atom. The Morgan fingerprint density at radius 2 is 2.21 bits per heavy atom. The maximum Gasteiger partial charge on any atom is 0.144 e. The topological polar surface area (TPSA) is 52.0 Å². The largest absolute Gasteiger partial charge is 0.369 e. The zero-order valence-corrected chi connectivity index (χ0v) is 11.8. The number of rotatable bonds is 4. The van der Waals surface area contributed by atoms with Gasteiger partial charge in [-0.3, -0.25) is 0 Å². The molecular weight excluding hydrogens is 236 g/mol. The third-order valence-corrected chi connectivity index (χ3v) is 3.95. The van der Waals surface area contributed by atoms with Crippen LogP contribution in [-0.2, 0) is 0 Å². The van der Waals surface area contributed by atoms with Gasteiger partial charge in [-0.1, -0.05) is 0 Å². The minimum absolute atomic E-state index is 0.672. The molecule has 1 aromatic rings. The van der Waals surface area contributed by atoms with Crippen LogP contribution in [0.3, 0.4) is 0 Å². The molecule has 1 N–H and O–H groups in total. The van der Waals surface area contributed by atoms with E-state index >= 15 is 0 Å². The average Bonchev–Trinajstić information content (AvgIpc) is 2.41. The van der Waals surface area contributed by atoms with Gasteiger partial charge in [0.2, 0.25) is 0 Å². The Kier molecular flexibility index (Phi) is 4.75. The second kappa shape index (κ2) is 6.53. The highest BCUT2D eigenvalue weighted by Gasteiger charge is 2.16. The van der Waals surface area contributed by atoms with E-state index in [2.05, 4.69) is 28.3 Å². The van der Waals surface area contributed by atoms with Gasteiger partial charge in [0.15, 0.2) is 0 Å². The number of anilines is 1. The Hall–Kier alpha value is -1.60. The molecule has 0 aromatic carbocycles. The van der Waals surface area contributed by atoms with Crippen LogP contribution in [0.25, 0.3) is 0 Å². The van der Waals surface area contributed by atoms with Crippen LogP contribution in [0.5, 0.6) is 0 Å². The number of nitrogens with zero attached hydrogens (tertiary/aromatic N) is 3. The first-order chi connectivity index (χ1) is 9.20. The molecule has 0 unspecified atom stereocenters. The molecule has 0 spiro atoms. The van der Waals surface area contributed by atoms with Gasteiger partial charge in [0.05, 0.1) is 5.56 Å². The Morgan fingerprint density at radius 1 is 1.47 bits per heavy atom. The lowest BCUT2D eigenvalue weighted by molar-refractivity contribution is 0.215. The molecule has 0 amide bonds. The minimum atomic E-state index is 0.672. The standard InChI is InChI=1S/C15H22N4/c1-12-3-7-17-15(14(12)11-16)18-8-4-13-5-9-19(2)10-6-13/h3,7,13H,4-6,8-10H2,1-2H3,(H,17,18). The Bertz CT molecular complexity index is 456. The monoisotopic (exact) mass is 258 g/mol. The lowest BCUT2D eigenvalue weighted by atomic mass is 9.94. The summed E-state index contributed by atoms with van der Waals surface area (Å²) in [6.45, 7) is 5.26. The molecular formula is C15H22N4. The van der Waals surface area contributed by atoms with Crippen molar-refractivity contribution in [3.8, 4) is 6.07 Å². The van der Waals surface area contributed by atoms with Gasteiger partial charge in [0.1, 0.15) is 11.9 Å². The molecule has 0 aliphatic carbocycles. The van der Waals surface area contributed by atoms with Gasteiger partial charge in [-0.05, 0) is 63.9 Å². The smallest absolute Gasteiger partial charge is 0.144 e. The van der Waals surface area contributed by atoms with Crippen LogP contribution in [0.15, 0.2) is 12.3 Å². The summed E-state index contributed by atoms with van der Waals surface area (Å²) in [6.07, 6.45) is 5.48. The van der Waals surface area contributed by atoms with Crippen molar-refractivity contribution in [3.05, 3.63) is 23.4 Å². The maximum atomic E-state index is 9.14. The third kappa shape index (κ3) is 3.68. The molecule has 1 aliphatic heterocycles. The number of likely N-dealkylation sites (tertiary alicyclic amines) is 1. The number of nitriles is 1. The van der Waals surface area contributed by atoms with Crippen molar-refractivity contribution < 1.29 is 0 Å². The lowest BCUT2D eigenvalue weighted by Crippen LogP contribution is -2.30. The van der Waals surface area contributed by atoms with Gasteiger partial charge in [-0.25, -0.2) is 4.98 Å². The van der Waals surface area contributed by atoms with Gasteiger partial charge >= 0.3 is 0 Å². The molecule has 2 heterocycles. The quantitative estimate of drug-likeness (QED) is 0.901. The number of pyridine rings is 1. The van der Waals surface area contributed by atoms with Crippen molar-refractivity contribution in [1.29, 1.82) is 5.26 Å². The zero-order chi connectivity index (χ0) is 13.7. The number of aromatic nitrogens is 1. The first-order valence-electron chi connectivity index (χ1n) is 6.99. The van der Waals surface area contributed by atoms with Crippen LogP contribution in [0.1, 0.15) is 30.4 Å². The van der Waals surface area contributed by atoms with Gasteiger partial charge in [-0.15, -0.1) is 0 Å². The molecule has 1 aliphatic rings. The second-order valence-corrected chi connectivity index (χ2v) is 5.43. The maximum absolute atomic E-state index is 9.14. The minimum Gasteiger partial charge on any atom is -0.369 e. The second-order valence-electron chi connectivity index (χ2n) is 5.43. The number of hydrogen-bond acceptors (Lipinski definition) is 4. The summed E-state index contributed by atoms with van der Waals surface area (Å²) in [5.74, 6) is 1.54. The van der Waals surface area contributed by atoms with E-state index in [-0.39, 0.29) is 0 Å². The number of aryl methyl sites for hydroxylation is 1. The van der Waals surface area contributed by atoms with Crippen molar-refractivity contribution in [3.63, 3.8) is 0 Å². The van der Waals surface area contributed by atoms with Crippen molar-refractivity contribution >= 4 is 5.82 Å². The van der Waals surface area contributed by atoms with E-state index in [1.807, 2.05) is 13.0 Å². The molecule has 1 fully saturated rings. The van der Waals surface area contributed by atoms with Gasteiger partial charge < -0.3 is 10.2 Å². The van der Waals surface area contributed by atoms with Crippen LogP contribution < -0.4 is 5.32 Å². The summed E-state index contributed by atoms with van der Waals surface area (Å²) in [6, 6.07) is 4.10. The molecule has 0 saturated carbocycles. The molecule has 4 heteroatoms. The predicted molar refractivity (Wildman–Crippen MR) is 77.0 cm³/mol. The summed E-state index contributed by atoms with van der Waals surface area (Å²) in [7, 11) is 2.18. The van der Waals surface area contributed by atoms with E-state index in [1.165, 1.54) is 25.9 Å². The van der Waals surface area contributed by atoms with Crippen LogP contribution in [0, 0.1) is 24.2 Å². The van der Waals surface area contributed by atoms with Crippen molar-refractivity contribution in [2.24, 2.45) is 5.92 Å². The first kappa shape index (κ1) is 13.8. The number of piperidine rings is 1. The molecule has 19 heavy (non-hydrogen) atoms. The van der Waals surface area contributed by atoms with Crippen LogP contribution in [0.4, 0.5) is 5.82 Å². The van der Waals surface area contributed by atoms with Crippen molar-refractivity contribution in [1.82, 2.24) is 9.88 Å². The first-order valence-corrected chi connectivity index (χ1v) is 6.99. The molecule has 1 aromatic heterocycles. The van der Waals surface area contributed by atoms with Gasteiger partial charge in [0.25, 0.3) is 0 Å². The van der Waals surface area contributed by atoms with E-state index in [9.17, 15) is 0 Å². The number of nitrogens with one attached hydrogen (secondary N) is 1. The van der Waals surface area contributed by atoms with Crippen molar-refractivity contribution in [2.75, 3.05) is 32.0 Å². The fraction of sp³-hybridized carbons (Fsp3) is 0.600. The number of hydrogen-bond donors (Lipinski definition) is 1. The Balaban J connectivity index is 1.83. The van der Waals surface area contributed by atoms with E-state index in [0.717, 1.165) is 30.3 Å². The fourth-order valence-corrected chi connectivity index (χ4v) is 2.58. The SMILES string of the molecule is Cc1ccnc(NCCC2CCN(C)CC2)c1C#N. The van der Waals surface area contributed by atoms with E-state index in [4.69, 9.17) is 5.26 Å². The molecule has 2 rings (SSSR count). The summed E-state index contributed by atoms with van der Waals surface area (Å²) in [5.41, 5.74) is 1.66. The molecule has 1 saturated heterocycles. The summed E-state index contributed by atoms with van der Waals surface area (Å²) < 4.78 is 0.